The summed E-state index contributed by atoms with van der Waals surface area (Å²) in [7, 11) is 1.83. The van der Waals surface area contributed by atoms with Crippen LogP contribution in [-0.2, 0) is 0 Å². The Balaban J connectivity index is 0.00000200. The van der Waals surface area contributed by atoms with Gasteiger partial charge < -0.3 is 10.2 Å². The largest absolute Gasteiger partial charge is 0.343 e. The van der Waals surface area contributed by atoms with Crippen LogP contribution in [0, 0.1) is 19.3 Å². The maximum Gasteiger partial charge on any atom is 0.326 e. The van der Waals surface area contributed by atoms with Gasteiger partial charge in [0.2, 0.25) is 0 Å². The van der Waals surface area contributed by atoms with E-state index in [2.05, 4.69) is 10.6 Å². The van der Waals surface area contributed by atoms with Crippen molar-refractivity contribution in [3.8, 4) is 0 Å². The van der Waals surface area contributed by atoms with Crippen molar-refractivity contribution in [1.29, 1.82) is 5.41 Å². The standard InChI is InChI=1S/C14H20N4O.ClH/c1-9-5-4-6-10(2)12(9)16-14(19)17-13(15)18(3)11-7-8-11;/h4-6,11H,7-8H2,1-3H3,(H3,15,16,17,19);1H. The van der Waals surface area contributed by atoms with Gasteiger partial charge in [-0.1, -0.05) is 18.2 Å². The molecule has 2 rings (SSSR count). The lowest BCUT2D eigenvalue weighted by Crippen LogP contribution is -2.44. The Kier molecular flexibility index (Phi) is 5.39. The summed E-state index contributed by atoms with van der Waals surface area (Å²) >= 11 is 0. The molecule has 0 saturated heterocycles. The molecule has 0 aliphatic heterocycles. The van der Waals surface area contributed by atoms with Gasteiger partial charge in [-0.25, -0.2) is 4.79 Å². The summed E-state index contributed by atoms with van der Waals surface area (Å²) in [5.41, 5.74) is 2.83. The molecule has 1 aliphatic carbocycles. The zero-order chi connectivity index (χ0) is 14.0. The predicted molar refractivity (Wildman–Crippen MR) is 83.8 cm³/mol. The number of guanidine groups is 1. The first-order chi connectivity index (χ1) is 8.99. The summed E-state index contributed by atoms with van der Waals surface area (Å²) in [6.45, 7) is 3.90. The molecule has 3 N–H and O–H groups in total. The number of hydrogen-bond donors (Lipinski definition) is 3. The fourth-order valence-corrected chi connectivity index (χ4v) is 2.00. The summed E-state index contributed by atoms with van der Waals surface area (Å²) in [6.07, 6.45) is 2.19. The maximum atomic E-state index is 11.9. The lowest BCUT2D eigenvalue weighted by atomic mass is 10.1. The van der Waals surface area contributed by atoms with Crippen molar-refractivity contribution in [3.63, 3.8) is 0 Å². The third kappa shape index (κ3) is 3.87. The van der Waals surface area contributed by atoms with Crippen LogP contribution in [0.1, 0.15) is 24.0 Å². The third-order valence-electron chi connectivity index (χ3n) is 3.40. The van der Waals surface area contributed by atoms with E-state index >= 15 is 0 Å². The highest BCUT2D eigenvalue weighted by atomic mass is 35.5. The van der Waals surface area contributed by atoms with Crippen molar-refractivity contribution in [2.24, 2.45) is 0 Å². The van der Waals surface area contributed by atoms with E-state index in [0.29, 0.717) is 6.04 Å². The predicted octanol–water partition coefficient (Wildman–Crippen LogP) is 2.88. The Hall–Kier alpha value is -1.75. The van der Waals surface area contributed by atoms with Gasteiger partial charge >= 0.3 is 6.03 Å². The van der Waals surface area contributed by atoms with Crippen LogP contribution in [0.4, 0.5) is 10.5 Å². The van der Waals surface area contributed by atoms with Crippen LogP contribution in [0.2, 0.25) is 0 Å². The number of anilines is 1. The molecular formula is C14H21ClN4O. The lowest BCUT2D eigenvalue weighted by Gasteiger charge is -2.20. The number of aryl methyl sites for hydroxylation is 2. The van der Waals surface area contributed by atoms with Crippen LogP contribution >= 0.6 is 12.4 Å². The molecule has 1 aromatic carbocycles. The van der Waals surface area contributed by atoms with Gasteiger partial charge in [0.25, 0.3) is 0 Å². The monoisotopic (exact) mass is 296 g/mol. The van der Waals surface area contributed by atoms with E-state index in [1.807, 2.05) is 39.1 Å². The molecular weight excluding hydrogens is 276 g/mol. The summed E-state index contributed by atoms with van der Waals surface area (Å²) in [5, 5.41) is 13.2. The van der Waals surface area contributed by atoms with Crippen molar-refractivity contribution in [3.05, 3.63) is 29.3 Å². The molecule has 0 radical (unpaired) electrons. The van der Waals surface area contributed by atoms with Crippen molar-refractivity contribution < 1.29 is 4.79 Å². The highest BCUT2D eigenvalue weighted by Gasteiger charge is 2.28. The fourth-order valence-electron chi connectivity index (χ4n) is 2.00. The van der Waals surface area contributed by atoms with E-state index in [0.717, 1.165) is 29.7 Å². The minimum Gasteiger partial charge on any atom is -0.343 e. The van der Waals surface area contributed by atoms with Crippen LogP contribution in [0.3, 0.4) is 0 Å². The number of carbonyl (C=O) groups is 1. The van der Waals surface area contributed by atoms with Gasteiger partial charge in [0.15, 0.2) is 5.96 Å². The second-order valence-corrected chi connectivity index (χ2v) is 5.04. The van der Waals surface area contributed by atoms with E-state index < -0.39 is 0 Å². The van der Waals surface area contributed by atoms with E-state index in [1.165, 1.54) is 0 Å². The molecule has 20 heavy (non-hydrogen) atoms. The fraction of sp³-hybridized carbons (Fsp3) is 0.429. The summed E-state index contributed by atoms with van der Waals surface area (Å²) in [5.74, 6) is 0.145. The topological polar surface area (TPSA) is 68.2 Å². The minimum absolute atomic E-state index is 0. The van der Waals surface area contributed by atoms with Gasteiger partial charge in [0.05, 0.1) is 0 Å². The van der Waals surface area contributed by atoms with Crippen molar-refractivity contribution in [1.82, 2.24) is 10.2 Å². The number of nitrogens with one attached hydrogen (secondary N) is 3. The molecule has 0 atom stereocenters. The van der Waals surface area contributed by atoms with Gasteiger partial charge in [-0.05, 0) is 37.8 Å². The molecule has 0 bridgehead atoms. The smallest absolute Gasteiger partial charge is 0.326 e. The summed E-state index contributed by atoms with van der Waals surface area (Å²) in [4.78, 5) is 13.7. The molecule has 1 aliphatic rings. The van der Waals surface area contributed by atoms with Crippen LogP contribution in [0.15, 0.2) is 18.2 Å². The van der Waals surface area contributed by atoms with Crippen molar-refractivity contribution >= 4 is 30.1 Å². The number of benzene rings is 1. The Morgan fingerprint density at radius 1 is 1.30 bits per heavy atom. The van der Waals surface area contributed by atoms with Crippen molar-refractivity contribution in [2.45, 2.75) is 32.7 Å². The second kappa shape index (κ2) is 6.61. The van der Waals surface area contributed by atoms with Crippen LogP contribution in [-0.4, -0.2) is 30.0 Å². The van der Waals surface area contributed by atoms with E-state index in [1.54, 1.807) is 4.90 Å². The molecule has 0 heterocycles. The van der Waals surface area contributed by atoms with Gasteiger partial charge in [-0.15, -0.1) is 12.4 Å². The van der Waals surface area contributed by atoms with Gasteiger partial charge in [-0.2, -0.15) is 0 Å². The summed E-state index contributed by atoms with van der Waals surface area (Å²) < 4.78 is 0. The summed E-state index contributed by atoms with van der Waals surface area (Å²) in [6, 6.07) is 5.90. The average molecular weight is 297 g/mol. The molecule has 1 saturated carbocycles. The zero-order valence-electron chi connectivity index (χ0n) is 12.0. The van der Waals surface area contributed by atoms with E-state index in [4.69, 9.17) is 5.41 Å². The first-order valence-corrected chi connectivity index (χ1v) is 6.44. The lowest BCUT2D eigenvalue weighted by molar-refractivity contribution is 0.254. The van der Waals surface area contributed by atoms with E-state index in [-0.39, 0.29) is 24.4 Å². The number of urea groups is 1. The molecule has 0 spiro atoms. The Morgan fingerprint density at radius 2 is 1.85 bits per heavy atom. The highest BCUT2D eigenvalue weighted by Crippen LogP contribution is 2.25. The number of rotatable bonds is 2. The van der Waals surface area contributed by atoms with Crippen LogP contribution < -0.4 is 10.6 Å². The van der Waals surface area contributed by atoms with Gasteiger partial charge in [-0.3, -0.25) is 10.7 Å². The number of para-hydroxylation sites is 1. The highest BCUT2D eigenvalue weighted by molar-refractivity contribution is 6.02. The molecule has 0 aromatic heterocycles. The first kappa shape index (κ1) is 16.3. The zero-order valence-corrected chi connectivity index (χ0v) is 12.8. The number of carbonyl (C=O) groups excluding carboxylic acids is 1. The SMILES string of the molecule is Cc1cccc(C)c1NC(=O)NC(=N)N(C)C1CC1.Cl. The van der Waals surface area contributed by atoms with Gasteiger partial charge in [0.1, 0.15) is 0 Å². The molecule has 1 aromatic rings. The molecule has 2 amide bonds. The Bertz CT molecular complexity index is 494. The molecule has 110 valence electrons. The second-order valence-electron chi connectivity index (χ2n) is 5.04. The first-order valence-electron chi connectivity index (χ1n) is 6.44. The van der Waals surface area contributed by atoms with Crippen LogP contribution in [0.25, 0.3) is 0 Å². The Morgan fingerprint density at radius 3 is 2.35 bits per heavy atom. The quantitative estimate of drug-likeness (QED) is 0.580. The molecule has 5 nitrogen and oxygen atoms in total. The number of amides is 2. The third-order valence-corrected chi connectivity index (χ3v) is 3.40. The molecule has 1 fully saturated rings. The minimum atomic E-state index is -0.366. The maximum absolute atomic E-state index is 11.9. The Labute approximate surface area is 125 Å². The number of hydrogen-bond acceptors (Lipinski definition) is 2. The van der Waals surface area contributed by atoms with Gasteiger partial charge in [0, 0.05) is 18.8 Å². The number of halogens is 1. The number of nitrogens with zero attached hydrogens (tertiary/aromatic N) is 1. The molecule has 6 heteroatoms. The van der Waals surface area contributed by atoms with Crippen molar-refractivity contribution in [2.75, 3.05) is 12.4 Å². The normalized spacial score (nSPS) is 13.2. The average Bonchev–Trinajstić information content (AvgIpc) is 3.17. The molecule has 0 unspecified atom stereocenters. The van der Waals surface area contributed by atoms with E-state index in [9.17, 15) is 4.79 Å². The van der Waals surface area contributed by atoms with Crippen LogP contribution in [0.5, 0.6) is 0 Å².